The second kappa shape index (κ2) is 2.63. The molecule has 0 saturated carbocycles. The fourth-order valence-electron chi connectivity index (χ4n) is 0.0891. The Morgan fingerprint density at radius 3 is 2.14 bits per heavy atom. The third kappa shape index (κ3) is 2.22. The maximum Gasteiger partial charge on any atom is 0.297 e. The molecular weight excluding hydrogens is 104 g/mol. The van der Waals surface area contributed by atoms with Crippen molar-refractivity contribution in [2.45, 2.75) is 6.43 Å². The summed E-state index contributed by atoms with van der Waals surface area (Å²) in [5, 5.41) is 0. The van der Waals surface area contributed by atoms with E-state index < -0.39 is 18.8 Å². The molecule has 0 amide bonds. The maximum atomic E-state index is 11.0. The molecule has 0 atom stereocenters. The Morgan fingerprint density at radius 1 is 1.71 bits per heavy atom. The third-order valence-electron chi connectivity index (χ3n) is 0.445. The molecule has 0 rings (SSSR count). The molecule has 7 heavy (non-hydrogen) atoms. The highest BCUT2D eigenvalue weighted by atomic mass is 19.3. The summed E-state index contributed by atoms with van der Waals surface area (Å²) in [6, 6.07) is 0. The highest BCUT2D eigenvalue weighted by molar-refractivity contribution is 5.83. The molecule has 0 spiro atoms. The van der Waals surface area contributed by atoms with E-state index in [-0.39, 0.29) is 0 Å². The minimum Gasteiger partial charge on any atom is -0.324 e. The molecule has 0 heterocycles. The summed E-state index contributed by atoms with van der Waals surface area (Å²) < 4.78 is 22.0. The largest absolute Gasteiger partial charge is 0.324 e. The third-order valence-corrected chi connectivity index (χ3v) is 0.445. The van der Waals surface area contributed by atoms with Crippen LogP contribution in [-0.4, -0.2) is 18.8 Å². The molecule has 0 aliphatic rings. The first-order valence-electron chi connectivity index (χ1n) is 1.69. The van der Waals surface area contributed by atoms with Crippen LogP contribution in [0.15, 0.2) is 0 Å². The number of hydrogen-bond acceptors (Lipinski definition) is 2. The SMILES string of the molecule is NCC(=O)C(F)F. The molecule has 2 nitrogen and oxygen atoms in total. The van der Waals surface area contributed by atoms with Gasteiger partial charge in [0, 0.05) is 0 Å². The number of halogens is 2. The van der Waals surface area contributed by atoms with Gasteiger partial charge in [-0.25, -0.2) is 8.78 Å². The van der Waals surface area contributed by atoms with Gasteiger partial charge in [-0.15, -0.1) is 0 Å². The highest BCUT2D eigenvalue weighted by Gasteiger charge is 2.10. The van der Waals surface area contributed by atoms with Crippen LogP contribution < -0.4 is 5.73 Å². The lowest BCUT2D eigenvalue weighted by molar-refractivity contribution is -0.127. The van der Waals surface area contributed by atoms with Crippen LogP contribution >= 0.6 is 0 Å². The second-order valence-electron chi connectivity index (χ2n) is 0.971. The summed E-state index contributed by atoms with van der Waals surface area (Å²) in [5.74, 6) is -1.21. The predicted octanol–water partition coefficient (Wildman–Crippen LogP) is -0.221. The molecule has 0 bridgehead atoms. The summed E-state index contributed by atoms with van der Waals surface area (Å²) in [4.78, 5) is 9.64. The van der Waals surface area contributed by atoms with Crippen LogP contribution in [0.5, 0.6) is 0 Å². The van der Waals surface area contributed by atoms with Crippen molar-refractivity contribution >= 4 is 5.78 Å². The van der Waals surface area contributed by atoms with E-state index in [4.69, 9.17) is 0 Å². The van der Waals surface area contributed by atoms with E-state index in [0.717, 1.165) is 0 Å². The first kappa shape index (κ1) is 6.49. The van der Waals surface area contributed by atoms with Crippen LogP contribution in [0.1, 0.15) is 0 Å². The van der Waals surface area contributed by atoms with Crippen molar-refractivity contribution in [3.8, 4) is 0 Å². The van der Waals surface area contributed by atoms with Crippen LogP contribution in [0, 0.1) is 0 Å². The lowest BCUT2D eigenvalue weighted by Crippen LogP contribution is -2.20. The molecule has 0 aliphatic carbocycles. The molecule has 0 aromatic heterocycles. The molecule has 0 aromatic rings. The Bertz CT molecular complexity index is 73.3. The summed E-state index contributed by atoms with van der Waals surface area (Å²) in [7, 11) is 0. The van der Waals surface area contributed by atoms with E-state index in [9.17, 15) is 13.6 Å². The maximum absolute atomic E-state index is 11.0. The molecule has 0 saturated heterocycles. The topological polar surface area (TPSA) is 43.1 Å². The van der Waals surface area contributed by atoms with E-state index in [1.165, 1.54) is 0 Å². The molecule has 4 heteroatoms. The van der Waals surface area contributed by atoms with Gasteiger partial charge in [0.05, 0.1) is 6.54 Å². The number of rotatable bonds is 2. The van der Waals surface area contributed by atoms with Crippen LogP contribution in [0.25, 0.3) is 0 Å². The van der Waals surface area contributed by atoms with Gasteiger partial charge in [0.15, 0.2) is 0 Å². The van der Waals surface area contributed by atoms with Gasteiger partial charge in [-0.3, -0.25) is 4.79 Å². The van der Waals surface area contributed by atoms with Crippen LogP contribution in [0.3, 0.4) is 0 Å². The summed E-state index contributed by atoms with van der Waals surface area (Å²) in [6.45, 7) is -0.572. The normalized spacial score (nSPS) is 9.71. The number of Topliss-reactive ketones (excluding diaryl/α,β-unsaturated/α-hetero) is 1. The van der Waals surface area contributed by atoms with Crippen molar-refractivity contribution in [2.24, 2.45) is 5.73 Å². The zero-order valence-electron chi connectivity index (χ0n) is 3.53. The first-order chi connectivity index (χ1) is 3.18. The van der Waals surface area contributed by atoms with Gasteiger partial charge in [-0.2, -0.15) is 0 Å². The lowest BCUT2D eigenvalue weighted by Gasteiger charge is -1.88. The Morgan fingerprint density at radius 2 is 2.14 bits per heavy atom. The van der Waals surface area contributed by atoms with Gasteiger partial charge < -0.3 is 5.73 Å². The van der Waals surface area contributed by atoms with Gasteiger partial charge in [-0.1, -0.05) is 0 Å². The van der Waals surface area contributed by atoms with Crippen LogP contribution in [0.2, 0.25) is 0 Å². The van der Waals surface area contributed by atoms with Gasteiger partial charge in [0.2, 0.25) is 5.78 Å². The zero-order valence-corrected chi connectivity index (χ0v) is 3.53. The Kier molecular flexibility index (Phi) is 2.44. The predicted molar refractivity (Wildman–Crippen MR) is 20.1 cm³/mol. The van der Waals surface area contributed by atoms with Gasteiger partial charge >= 0.3 is 0 Å². The first-order valence-corrected chi connectivity index (χ1v) is 1.69. The average molecular weight is 109 g/mol. The monoisotopic (exact) mass is 109 g/mol. The van der Waals surface area contributed by atoms with Crippen molar-refractivity contribution in [3.63, 3.8) is 0 Å². The molecule has 0 aliphatic heterocycles. The highest BCUT2D eigenvalue weighted by Crippen LogP contribution is 1.89. The Balaban J connectivity index is 3.35. The number of carbonyl (C=O) groups excluding carboxylic acids is 1. The van der Waals surface area contributed by atoms with E-state index in [0.29, 0.717) is 0 Å². The van der Waals surface area contributed by atoms with Gasteiger partial charge in [0.25, 0.3) is 6.43 Å². The lowest BCUT2D eigenvalue weighted by atomic mass is 10.4. The Labute approximate surface area is 39.3 Å². The molecule has 0 aromatic carbocycles. The number of hydrogen-bond donors (Lipinski definition) is 1. The number of nitrogens with two attached hydrogens (primary N) is 1. The molecular formula is C3H5F2NO. The van der Waals surface area contributed by atoms with Crippen molar-refractivity contribution in [1.82, 2.24) is 0 Å². The van der Waals surface area contributed by atoms with Crippen molar-refractivity contribution in [3.05, 3.63) is 0 Å². The quantitative estimate of drug-likeness (QED) is 0.532. The van der Waals surface area contributed by atoms with Gasteiger partial charge in [-0.05, 0) is 0 Å². The van der Waals surface area contributed by atoms with Crippen molar-refractivity contribution < 1.29 is 13.6 Å². The van der Waals surface area contributed by atoms with Gasteiger partial charge in [0.1, 0.15) is 0 Å². The van der Waals surface area contributed by atoms with E-state index in [2.05, 4.69) is 5.73 Å². The van der Waals surface area contributed by atoms with E-state index >= 15 is 0 Å². The standard InChI is InChI=1S/C3H5F2NO/c4-3(5)2(7)1-6/h3H,1,6H2. The van der Waals surface area contributed by atoms with E-state index in [1.54, 1.807) is 0 Å². The van der Waals surface area contributed by atoms with Crippen LogP contribution in [0.4, 0.5) is 8.78 Å². The fraction of sp³-hybridized carbons (Fsp3) is 0.667. The van der Waals surface area contributed by atoms with Crippen molar-refractivity contribution in [1.29, 1.82) is 0 Å². The molecule has 0 fully saturated rings. The minimum absolute atomic E-state index is 0.572. The molecule has 2 N–H and O–H groups in total. The number of carbonyl (C=O) groups is 1. The molecule has 42 valence electrons. The fourth-order valence-corrected chi connectivity index (χ4v) is 0.0891. The summed E-state index contributed by atoms with van der Waals surface area (Å²) in [6.07, 6.45) is -2.90. The Hall–Kier alpha value is -0.510. The average Bonchev–Trinajstić information content (AvgIpc) is 1.65. The zero-order chi connectivity index (χ0) is 5.86. The smallest absolute Gasteiger partial charge is 0.297 e. The molecule has 0 radical (unpaired) electrons. The number of alkyl halides is 2. The number of ketones is 1. The van der Waals surface area contributed by atoms with Crippen LogP contribution in [-0.2, 0) is 4.79 Å². The summed E-state index contributed by atoms with van der Waals surface area (Å²) in [5.41, 5.74) is 4.54. The summed E-state index contributed by atoms with van der Waals surface area (Å²) >= 11 is 0. The minimum atomic E-state index is -2.90. The van der Waals surface area contributed by atoms with Crippen molar-refractivity contribution in [2.75, 3.05) is 6.54 Å². The molecule has 0 unspecified atom stereocenters. The van der Waals surface area contributed by atoms with E-state index in [1.807, 2.05) is 0 Å². The second-order valence-corrected chi connectivity index (χ2v) is 0.971.